The van der Waals surface area contributed by atoms with Crippen molar-refractivity contribution in [1.82, 2.24) is 13.9 Å². The lowest BCUT2D eigenvalue weighted by atomic mass is 9.67. The minimum Gasteiger partial charge on any atom is -0.508 e. The molecule has 1 aromatic heterocycles. The van der Waals surface area contributed by atoms with Gasteiger partial charge in [0.2, 0.25) is 0 Å². The maximum Gasteiger partial charge on any atom is 0.347 e. The molecule has 0 saturated heterocycles. The van der Waals surface area contributed by atoms with Crippen LogP contribution in [-0.4, -0.2) is 37.7 Å². The Balaban J connectivity index is 1.81. The first-order valence-electron chi connectivity index (χ1n) is 10.2. The van der Waals surface area contributed by atoms with E-state index < -0.39 is 23.3 Å². The van der Waals surface area contributed by atoms with Crippen molar-refractivity contribution in [3.8, 4) is 11.5 Å². The zero-order valence-electron chi connectivity index (χ0n) is 17.8. The van der Waals surface area contributed by atoms with Gasteiger partial charge in [-0.3, -0.25) is 9.59 Å². The van der Waals surface area contributed by atoms with Gasteiger partial charge in [0, 0.05) is 47.7 Å². The molecule has 0 radical (unpaired) electrons. The first-order chi connectivity index (χ1) is 15.2. The average molecular weight is 435 g/mol. The number of aromatic hydroxyl groups is 1. The number of rotatable bonds is 2. The van der Waals surface area contributed by atoms with Gasteiger partial charge in [0.05, 0.1) is 19.7 Å². The summed E-state index contributed by atoms with van der Waals surface area (Å²) in [5.41, 5.74) is 1.47. The average Bonchev–Trinajstić information content (AvgIpc) is 3.00. The Kier molecular flexibility index (Phi) is 4.27. The molecule has 0 amide bonds. The van der Waals surface area contributed by atoms with Crippen LogP contribution in [0.15, 0.2) is 62.2 Å². The van der Waals surface area contributed by atoms with E-state index in [-0.39, 0.29) is 30.3 Å². The number of hydrogen-bond acceptors (Lipinski definition) is 6. The van der Waals surface area contributed by atoms with Gasteiger partial charge >= 0.3 is 11.4 Å². The maximum atomic E-state index is 13.3. The number of ketones is 2. The van der Waals surface area contributed by atoms with Crippen LogP contribution in [0.5, 0.6) is 11.5 Å². The van der Waals surface area contributed by atoms with Crippen molar-refractivity contribution < 1.29 is 19.4 Å². The Morgan fingerprint density at radius 2 is 1.88 bits per heavy atom. The summed E-state index contributed by atoms with van der Waals surface area (Å²) in [5.74, 6) is -0.806. The molecule has 0 unspecified atom stereocenters. The van der Waals surface area contributed by atoms with E-state index in [0.717, 1.165) is 10.1 Å². The maximum absolute atomic E-state index is 13.3. The number of fused-ring (bicyclic) bond motifs is 3. The lowest BCUT2D eigenvalue weighted by Gasteiger charge is -2.40. The van der Waals surface area contributed by atoms with Gasteiger partial charge in [-0.2, -0.15) is 0 Å². The van der Waals surface area contributed by atoms with Gasteiger partial charge in [-0.05, 0) is 24.6 Å². The highest BCUT2D eigenvalue weighted by atomic mass is 16.5. The molecule has 1 N–H and O–H groups in total. The van der Waals surface area contributed by atoms with Crippen LogP contribution in [0.1, 0.15) is 30.9 Å². The van der Waals surface area contributed by atoms with E-state index in [1.54, 1.807) is 13.0 Å². The standard InChI is InChI=1S/C23H21N3O6/c1-11-8-17(28)15-10-16-13(6-7-25-22(30)24(2)23(31)26(16)25)19(20(15)21(11)29)14-5-4-12(27)9-18(14)32-3/h4-6,8-9,16,19,27H,7,10H2,1-3H3/t16-,19-/m1/s1. The second-order valence-electron chi connectivity index (χ2n) is 8.25. The van der Waals surface area contributed by atoms with E-state index in [1.165, 1.54) is 41.7 Å². The minimum atomic E-state index is -0.657. The fraction of sp³-hybridized carbons (Fsp3) is 0.304. The number of hydrogen-bond donors (Lipinski definition) is 1. The number of carbonyl (C=O) groups is 2. The van der Waals surface area contributed by atoms with Gasteiger partial charge < -0.3 is 9.84 Å². The first-order valence-corrected chi connectivity index (χ1v) is 10.2. The van der Waals surface area contributed by atoms with Gasteiger partial charge in [0.1, 0.15) is 11.5 Å². The van der Waals surface area contributed by atoms with E-state index in [9.17, 15) is 24.3 Å². The predicted molar refractivity (Wildman–Crippen MR) is 114 cm³/mol. The molecule has 9 nitrogen and oxygen atoms in total. The van der Waals surface area contributed by atoms with Crippen molar-refractivity contribution in [2.75, 3.05) is 7.11 Å². The molecular weight excluding hydrogens is 414 g/mol. The molecule has 2 heterocycles. The highest BCUT2D eigenvalue weighted by Crippen LogP contribution is 2.51. The minimum absolute atomic E-state index is 0.0000250. The molecule has 2 aromatic rings. The summed E-state index contributed by atoms with van der Waals surface area (Å²) in [6, 6.07) is 4.00. The van der Waals surface area contributed by atoms with Crippen LogP contribution < -0.4 is 16.1 Å². The number of benzene rings is 1. The van der Waals surface area contributed by atoms with Crippen LogP contribution >= 0.6 is 0 Å². The van der Waals surface area contributed by atoms with Crippen LogP contribution in [0.2, 0.25) is 0 Å². The summed E-state index contributed by atoms with van der Waals surface area (Å²) in [6.45, 7) is 1.77. The second-order valence-corrected chi connectivity index (χ2v) is 8.25. The van der Waals surface area contributed by atoms with Crippen LogP contribution in [-0.2, 0) is 23.2 Å². The number of Topliss-reactive ketones (excluding diaryl/α,β-unsaturated/α-hetero) is 1. The van der Waals surface area contributed by atoms with Gasteiger partial charge in [0.15, 0.2) is 11.6 Å². The summed E-state index contributed by atoms with van der Waals surface area (Å²) < 4.78 is 9.26. The number of aromatic nitrogens is 3. The molecule has 0 saturated carbocycles. The van der Waals surface area contributed by atoms with Crippen LogP contribution in [0.4, 0.5) is 0 Å². The third kappa shape index (κ3) is 2.57. The summed E-state index contributed by atoms with van der Waals surface area (Å²) in [6.07, 6.45) is 3.30. The summed E-state index contributed by atoms with van der Waals surface area (Å²) in [4.78, 5) is 51.7. The number of methoxy groups -OCH3 is 1. The molecule has 0 fully saturated rings. The molecule has 1 aromatic carbocycles. The third-order valence-corrected chi connectivity index (χ3v) is 6.55. The Morgan fingerprint density at radius 3 is 2.59 bits per heavy atom. The Hall–Kier alpha value is -3.88. The van der Waals surface area contributed by atoms with Gasteiger partial charge in [-0.25, -0.2) is 23.5 Å². The molecule has 32 heavy (non-hydrogen) atoms. The van der Waals surface area contributed by atoms with Crippen molar-refractivity contribution in [3.63, 3.8) is 0 Å². The molecule has 9 heteroatoms. The fourth-order valence-electron chi connectivity index (χ4n) is 5.04. The molecular formula is C23H21N3O6. The summed E-state index contributed by atoms with van der Waals surface area (Å²) >= 11 is 0. The second kappa shape index (κ2) is 6.81. The predicted octanol–water partition coefficient (Wildman–Crippen LogP) is 1.13. The molecule has 0 bridgehead atoms. The molecule has 5 rings (SSSR count). The van der Waals surface area contributed by atoms with E-state index in [0.29, 0.717) is 28.0 Å². The monoisotopic (exact) mass is 435 g/mol. The highest BCUT2D eigenvalue weighted by molar-refractivity contribution is 6.23. The smallest absolute Gasteiger partial charge is 0.347 e. The molecule has 2 atom stereocenters. The SMILES string of the molecule is COc1cc(O)ccc1[C@H]1C2=CCn3c(=O)n(C)c(=O)n3[C@@H]2CC2=C1C(=O)C(C)=CC2=O. The normalized spacial score (nSPS) is 22.1. The lowest BCUT2D eigenvalue weighted by Crippen LogP contribution is -2.40. The van der Waals surface area contributed by atoms with E-state index in [4.69, 9.17) is 4.74 Å². The van der Waals surface area contributed by atoms with Crippen LogP contribution in [0.25, 0.3) is 0 Å². The Labute approximate surface area is 182 Å². The fourth-order valence-corrected chi connectivity index (χ4v) is 5.04. The molecule has 164 valence electrons. The van der Waals surface area contributed by atoms with E-state index in [1.807, 2.05) is 6.08 Å². The summed E-state index contributed by atoms with van der Waals surface area (Å²) in [7, 11) is 2.87. The van der Waals surface area contributed by atoms with Crippen LogP contribution in [0.3, 0.4) is 0 Å². The topological polar surface area (TPSA) is 113 Å². The van der Waals surface area contributed by atoms with E-state index in [2.05, 4.69) is 0 Å². The molecule has 3 aliphatic rings. The summed E-state index contributed by atoms with van der Waals surface area (Å²) in [5, 5.41) is 9.94. The Morgan fingerprint density at radius 1 is 1.12 bits per heavy atom. The van der Waals surface area contributed by atoms with Crippen LogP contribution in [0, 0.1) is 0 Å². The molecule has 2 aliphatic carbocycles. The number of allylic oxidation sites excluding steroid dienone is 6. The zero-order chi connectivity index (χ0) is 22.9. The van der Waals surface area contributed by atoms with Crippen molar-refractivity contribution in [2.45, 2.75) is 31.8 Å². The van der Waals surface area contributed by atoms with E-state index >= 15 is 0 Å². The van der Waals surface area contributed by atoms with Gasteiger partial charge in [0.25, 0.3) is 0 Å². The zero-order valence-corrected chi connectivity index (χ0v) is 17.8. The quantitative estimate of drug-likeness (QED) is 0.559. The largest absolute Gasteiger partial charge is 0.508 e. The lowest BCUT2D eigenvalue weighted by molar-refractivity contribution is -0.116. The highest BCUT2D eigenvalue weighted by Gasteiger charge is 2.45. The first kappa shape index (κ1) is 20.0. The third-order valence-electron chi connectivity index (χ3n) is 6.55. The number of phenolic OH excluding ortho intramolecular Hbond substituents is 1. The Bertz CT molecular complexity index is 1430. The van der Waals surface area contributed by atoms with Crippen molar-refractivity contribution in [2.24, 2.45) is 7.05 Å². The number of ether oxygens (including phenoxy) is 1. The number of nitrogens with zero attached hydrogens (tertiary/aromatic N) is 3. The number of phenols is 1. The van der Waals surface area contributed by atoms with Crippen molar-refractivity contribution in [3.05, 3.63) is 79.2 Å². The van der Waals surface area contributed by atoms with Gasteiger partial charge in [-0.15, -0.1) is 0 Å². The van der Waals surface area contributed by atoms with Gasteiger partial charge in [-0.1, -0.05) is 12.1 Å². The number of carbonyl (C=O) groups excluding carboxylic acids is 2. The molecule has 1 aliphatic heterocycles. The van der Waals surface area contributed by atoms with Crippen molar-refractivity contribution >= 4 is 11.6 Å². The van der Waals surface area contributed by atoms with Crippen molar-refractivity contribution in [1.29, 1.82) is 0 Å². The molecule has 0 spiro atoms.